The highest BCUT2D eigenvalue weighted by molar-refractivity contribution is 5.46. The second-order valence-electron chi connectivity index (χ2n) is 6.36. The van der Waals surface area contributed by atoms with Crippen LogP contribution in [0.25, 0.3) is 0 Å². The summed E-state index contributed by atoms with van der Waals surface area (Å²) in [4.78, 5) is 11.1. The zero-order valence-electron chi connectivity index (χ0n) is 12.4. The fraction of sp³-hybridized carbons (Fsp3) is 0.389. The Morgan fingerprint density at radius 2 is 1.91 bits per heavy atom. The summed E-state index contributed by atoms with van der Waals surface area (Å²) in [6.45, 7) is 1.00. The Hall–Kier alpha value is -2.41. The van der Waals surface area contributed by atoms with Gasteiger partial charge in [-0.3, -0.25) is 0 Å². The van der Waals surface area contributed by atoms with Gasteiger partial charge >= 0.3 is 0 Å². The summed E-state index contributed by atoms with van der Waals surface area (Å²) >= 11 is 0. The molecule has 1 saturated carbocycles. The van der Waals surface area contributed by atoms with Crippen LogP contribution in [-0.4, -0.2) is 16.5 Å². The maximum Gasteiger partial charge on any atom is 0.227 e. The van der Waals surface area contributed by atoms with Gasteiger partial charge in [0.2, 0.25) is 5.95 Å². The van der Waals surface area contributed by atoms with Gasteiger partial charge in [-0.15, -0.1) is 0 Å². The van der Waals surface area contributed by atoms with E-state index < -0.39 is 0 Å². The third-order valence-corrected chi connectivity index (χ3v) is 5.11. The molecule has 2 aromatic rings. The summed E-state index contributed by atoms with van der Waals surface area (Å²) in [5.41, 5.74) is 2.14. The van der Waals surface area contributed by atoms with Crippen LogP contribution < -0.4 is 4.90 Å². The first kappa shape index (κ1) is 13.3. The van der Waals surface area contributed by atoms with Gasteiger partial charge in [-0.2, -0.15) is 5.26 Å². The highest BCUT2D eigenvalue weighted by Gasteiger charge is 2.55. The van der Waals surface area contributed by atoms with E-state index in [1.807, 2.05) is 0 Å². The van der Waals surface area contributed by atoms with Gasteiger partial charge < -0.3 is 4.90 Å². The Bertz CT molecular complexity index is 713. The van der Waals surface area contributed by atoms with E-state index in [0.29, 0.717) is 23.1 Å². The van der Waals surface area contributed by atoms with Gasteiger partial charge in [0, 0.05) is 18.2 Å². The molecule has 22 heavy (non-hydrogen) atoms. The largest absolute Gasteiger partial charge is 0.332 e. The van der Waals surface area contributed by atoms with Crippen LogP contribution in [-0.2, 0) is 0 Å². The lowest BCUT2D eigenvalue weighted by molar-refractivity contribution is 0.133. The van der Waals surface area contributed by atoms with Crippen molar-refractivity contribution in [1.82, 2.24) is 9.97 Å². The van der Waals surface area contributed by atoms with Crippen LogP contribution in [0.15, 0.2) is 42.6 Å². The molecule has 1 atom stereocenters. The molecule has 0 N–H and O–H groups in total. The molecule has 0 bridgehead atoms. The van der Waals surface area contributed by atoms with Gasteiger partial charge in [-0.05, 0) is 24.5 Å². The van der Waals surface area contributed by atoms with E-state index in [-0.39, 0.29) is 0 Å². The molecule has 1 aliphatic heterocycles. The van der Waals surface area contributed by atoms with Crippen LogP contribution in [0.3, 0.4) is 0 Å². The fourth-order valence-corrected chi connectivity index (χ4v) is 4.15. The predicted molar refractivity (Wildman–Crippen MR) is 84.2 cm³/mol. The van der Waals surface area contributed by atoms with Gasteiger partial charge in [0.05, 0.1) is 6.04 Å². The number of nitriles is 1. The van der Waals surface area contributed by atoms with Crippen molar-refractivity contribution in [3.63, 3.8) is 0 Å². The zero-order chi connectivity index (χ0) is 15.0. The first-order chi connectivity index (χ1) is 10.8. The molecule has 2 aliphatic rings. The number of rotatable bonds is 2. The topological polar surface area (TPSA) is 52.8 Å². The van der Waals surface area contributed by atoms with Crippen LogP contribution in [0.1, 0.15) is 43.0 Å². The molecule has 1 aromatic carbocycles. The lowest BCUT2D eigenvalue weighted by Crippen LogP contribution is -2.58. The van der Waals surface area contributed by atoms with Crippen molar-refractivity contribution in [2.24, 2.45) is 5.41 Å². The third kappa shape index (κ3) is 1.97. The van der Waals surface area contributed by atoms with Gasteiger partial charge in [0.15, 0.2) is 0 Å². The number of hydrogen-bond acceptors (Lipinski definition) is 4. The minimum Gasteiger partial charge on any atom is -0.332 e. The monoisotopic (exact) mass is 290 g/mol. The third-order valence-electron chi connectivity index (χ3n) is 5.11. The van der Waals surface area contributed by atoms with Gasteiger partial charge in [0.1, 0.15) is 11.8 Å². The molecule has 4 heteroatoms. The highest BCUT2D eigenvalue weighted by atomic mass is 15.3. The number of nitrogens with zero attached hydrogens (tertiary/aromatic N) is 4. The summed E-state index contributed by atoms with van der Waals surface area (Å²) in [7, 11) is 0. The summed E-state index contributed by atoms with van der Waals surface area (Å²) in [6.07, 6.45) is 6.87. The molecule has 1 saturated heterocycles. The number of anilines is 1. The number of aromatic nitrogens is 2. The summed E-state index contributed by atoms with van der Waals surface area (Å²) < 4.78 is 0. The van der Waals surface area contributed by atoms with Crippen LogP contribution >= 0.6 is 0 Å². The molecule has 4 rings (SSSR count). The first-order valence-electron chi connectivity index (χ1n) is 7.87. The van der Waals surface area contributed by atoms with Crippen LogP contribution in [0, 0.1) is 16.7 Å². The summed E-state index contributed by atoms with van der Waals surface area (Å²) in [5.74, 6) is 0.686. The molecule has 1 spiro atoms. The van der Waals surface area contributed by atoms with Crippen LogP contribution in [0.5, 0.6) is 0 Å². The molecular formula is C18H18N4. The van der Waals surface area contributed by atoms with E-state index in [1.165, 1.54) is 31.2 Å². The highest BCUT2D eigenvalue weighted by Crippen LogP contribution is 2.58. The van der Waals surface area contributed by atoms with Crippen molar-refractivity contribution in [2.75, 3.05) is 11.4 Å². The molecule has 0 unspecified atom stereocenters. The molecule has 2 heterocycles. The van der Waals surface area contributed by atoms with Crippen molar-refractivity contribution in [3.05, 3.63) is 53.9 Å². The van der Waals surface area contributed by atoms with Crippen molar-refractivity contribution >= 4 is 5.95 Å². The van der Waals surface area contributed by atoms with Crippen molar-refractivity contribution in [3.8, 4) is 6.07 Å². The number of hydrogen-bond donors (Lipinski definition) is 0. The normalized spacial score (nSPS) is 22.3. The van der Waals surface area contributed by atoms with Crippen LogP contribution in [0.2, 0.25) is 0 Å². The predicted octanol–water partition coefficient (Wildman–Crippen LogP) is 3.47. The van der Waals surface area contributed by atoms with Crippen molar-refractivity contribution in [1.29, 1.82) is 5.26 Å². The van der Waals surface area contributed by atoms with E-state index in [1.54, 1.807) is 12.3 Å². The van der Waals surface area contributed by atoms with E-state index in [2.05, 4.69) is 51.3 Å². The minimum absolute atomic E-state index is 0.338. The van der Waals surface area contributed by atoms with Gasteiger partial charge in [-0.1, -0.05) is 43.2 Å². The lowest BCUT2D eigenvalue weighted by atomic mass is 9.67. The Kier molecular flexibility index (Phi) is 3.07. The molecule has 0 radical (unpaired) electrons. The fourth-order valence-electron chi connectivity index (χ4n) is 4.15. The summed E-state index contributed by atoms with van der Waals surface area (Å²) in [6, 6.07) is 14.8. The van der Waals surface area contributed by atoms with E-state index >= 15 is 0 Å². The van der Waals surface area contributed by atoms with E-state index in [0.717, 1.165) is 6.54 Å². The lowest BCUT2D eigenvalue weighted by Gasteiger charge is -2.56. The molecule has 1 aliphatic carbocycles. The Morgan fingerprint density at radius 1 is 1.14 bits per heavy atom. The van der Waals surface area contributed by atoms with Crippen LogP contribution in [0.4, 0.5) is 5.95 Å². The zero-order valence-corrected chi connectivity index (χ0v) is 12.4. The minimum atomic E-state index is 0.338. The molecule has 2 fully saturated rings. The molecule has 4 nitrogen and oxygen atoms in total. The average molecular weight is 290 g/mol. The summed E-state index contributed by atoms with van der Waals surface area (Å²) in [5, 5.41) is 9.06. The average Bonchev–Trinajstić information content (AvgIpc) is 3.05. The Labute approximate surface area is 130 Å². The Morgan fingerprint density at radius 3 is 2.64 bits per heavy atom. The second kappa shape index (κ2) is 5.10. The smallest absolute Gasteiger partial charge is 0.227 e. The maximum absolute atomic E-state index is 9.06. The van der Waals surface area contributed by atoms with Gasteiger partial charge in [-0.25, -0.2) is 9.97 Å². The van der Waals surface area contributed by atoms with Gasteiger partial charge in [0.25, 0.3) is 0 Å². The Balaban J connectivity index is 1.72. The SMILES string of the molecule is N#Cc1ccnc(N2CC3(CCCC3)[C@@H]2c2ccccc2)n1. The van der Waals surface area contributed by atoms with E-state index in [4.69, 9.17) is 5.26 Å². The molecule has 1 aromatic heterocycles. The number of benzene rings is 1. The van der Waals surface area contributed by atoms with Crippen molar-refractivity contribution < 1.29 is 0 Å². The maximum atomic E-state index is 9.06. The van der Waals surface area contributed by atoms with Crippen molar-refractivity contribution in [2.45, 2.75) is 31.7 Å². The molecule has 110 valence electrons. The quantitative estimate of drug-likeness (QED) is 0.849. The molecule has 0 amide bonds. The first-order valence-corrected chi connectivity index (χ1v) is 7.87. The standard InChI is InChI=1S/C18H18N4/c19-12-15-8-11-20-17(21-15)22-13-18(9-4-5-10-18)16(22)14-6-2-1-3-7-14/h1-3,6-8,11,16H,4-5,9-10,13H2/t16-/m0/s1. The molecular weight excluding hydrogens is 272 g/mol. The van der Waals surface area contributed by atoms with E-state index in [9.17, 15) is 0 Å². The second-order valence-corrected chi connectivity index (χ2v) is 6.36.